The van der Waals surface area contributed by atoms with E-state index < -0.39 is 0 Å². The van der Waals surface area contributed by atoms with Gasteiger partial charge >= 0.3 is 0 Å². The first kappa shape index (κ1) is 17.0. The Bertz CT molecular complexity index is 990. The highest BCUT2D eigenvalue weighted by atomic mass is 32.2. The summed E-state index contributed by atoms with van der Waals surface area (Å²) in [4.78, 5) is 15.4. The van der Waals surface area contributed by atoms with E-state index >= 15 is 0 Å². The number of thioether (sulfide) groups is 1. The molecule has 2 aromatic carbocycles. The van der Waals surface area contributed by atoms with Crippen LogP contribution in [0.1, 0.15) is 17.4 Å². The fraction of sp³-hybridized carbons (Fsp3) is 0.150. The van der Waals surface area contributed by atoms with Crippen molar-refractivity contribution in [2.24, 2.45) is 10.2 Å². The van der Waals surface area contributed by atoms with Gasteiger partial charge in [-0.15, -0.1) is 16.4 Å². The van der Waals surface area contributed by atoms with Crippen molar-refractivity contribution in [3.8, 4) is 0 Å². The van der Waals surface area contributed by atoms with E-state index in [4.69, 9.17) is 0 Å². The number of rotatable bonds is 4. The van der Waals surface area contributed by atoms with E-state index in [2.05, 4.69) is 34.5 Å². The van der Waals surface area contributed by atoms with Gasteiger partial charge in [0.15, 0.2) is 5.17 Å². The number of hydrogen-bond donors (Lipinski definition) is 0. The molecule has 0 spiro atoms. The lowest BCUT2D eigenvalue weighted by molar-refractivity contribution is -0.126. The Morgan fingerprint density at radius 2 is 1.96 bits per heavy atom. The molecule has 0 N–H and O–H groups in total. The SMILES string of the molecule is CC1SC(=NN=Cc2cccs2)N(Cc2cccc3ccccc23)C1=O. The summed E-state index contributed by atoms with van der Waals surface area (Å²) in [7, 11) is 0. The highest BCUT2D eigenvalue weighted by Gasteiger charge is 2.35. The Kier molecular flexibility index (Phi) is 4.86. The third kappa shape index (κ3) is 3.43. The van der Waals surface area contributed by atoms with Crippen molar-refractivity contribution in [2.75, 3.05) is 0 Å². The molecule has 4 rings (SSSR count). The average Bonchev–Trinajstić information content (AvgIpc) is 3.26. The van der Waals surface area contributed by atoms with Gasteiger partial charge in [0.1, 0.15) is 0 Å². The van der Waals surface area contributed by atoms with Crippen molar-refractivity contribution in [3.05, 3.63) is 70.4 Å². The summed E-state index contributed by atoms with van der Waals surface area (Å²) in [6, 6.07) is 18.4. The van der Waals surface area contributed by atoms with Gasteiger partial charge in [-0.05, 0) is 34.7 Å². The smallest absolute Gasteiger partial charge is 0.242 e. The van der Waals surface area contributed by atoms with Gasteiger partial charge in [0.2, 0.25) is 5.91 Å². The van der Waals surface area contributed by atoms with E-state index in [9.17, 15) is 4.79 Å². The maximum absolute atomic E-state index is 12.6. The van der Waals surface area contributed by atoms with Gasteiger partial charge in [0.05, 0.1) is 18.0 Å². The molecule has 1 aromatic heterocycles. The zero-order valence-corrected chi connectivity index (χ0v) is 15.8. The van der Waals surface area contributed by atoms with Crippen molar-refractivity contribution in [3.63, 3.8) is 0 Å². The van der Waals surface area contributed by atoms with E-state index in [1.165, 1.54) is 17.1 Å². The van der Waals surface area contributed by atoms with E-state index in [1.54, 1.807) is 22.5 Å². The fourth-order valence-corrected chi connectivity index (χ4v) is 4.41. The molecular weight excluding hydrogens is 362 g/mol. The predicted molar refractivity (Wildman–Crippen MR) is 111 cm³/mol. The molecule has 0 bridgehead atoms. The number of carbonyl (C=O) groups excluding carboxylic acids is 1. The van der Waals surface area contributed by atoms with Gasteiger partial charge < -0.3 is 0 Å². The second kappa shape index (κ2) is 7.43. The third-order valence-electron chi connectivity index (χ3n) is 4.21. The van der Waals surface area contributed by atoms with Crippen LogP contribution in [0.5, 0.6) is 0 Å². The van der Waals surface area contributed by atoms with Gasteiger partial charge in [-0.1, -0.05) is 60.3 Å². The van der Waals surface area contributed by atoms with E-state index in [1.807, 2.05) is 42.6 Å². The van der Waals surface area contributed by atoms with Crippen LogP contribution in [0.2, 0.25) is 0 Å². The molecule has 1 aliphatic heterocycles. The monoisotopic (exact) mass is 379 g/mol. The van der Waals surface area contributed by atoms with E-state index in [-0.39, 0.29) is 11.2 Å². The summed E-state index contributed by atoms with van der Waals surface area (Å²) in [6.07, 6.45) is 1.72. The molecule has 1 atom stereocenters. The number of hydrogen-bond acceptors (Lipinski definition) is 5. The molecule has 3 aromatic rings. The Labute approximate surface area is 160 Å². The minimum Gasteiger partial charge on any atom is -0.284 e. The Balaban J connectivity index is 1.63. The summed E-state index contributed by atoms with van der Waals surface area (Å²) >= 11 is 3.07. The Hall–Kier alpha value is -2.44. The molecule has 6 heteroatoms. The van der Waals surface area contributed by atoms with Crippen molar-refractivity contribution >= 4 is 51.2 Å². The van der Waals surface area contributed by atoms with E-state index in [0.29, 0.717) is 11.7 Å². The molecule has 0 saturated carbocycles. The number of amidine groups is 1. The van der Waals surface area contributed by atoms with Crippen molar-refractivity contribution in [2.45, 2.75) is 18.7 Å². The van der Waals surface area contributed by atoms with Crippen LogP contribution in [-0.4, -0.2) is 27.4 Å². The third-order valence-corrected chi connectivity index (χ3v) is 6.08. The lowest BCUT2D eigenvalue weighted by atomic mass is 10.0. The van der Waals surface area contributed by atoms with Gasteiger partial charge in [0.25, 0.3) is 0 Å². The summed E-state index contributed by atoms with van der Waals surface area (Å²) in [6.45, 7) is 2.42. The number of benzene rings is 2. The summed E-state index contributed by atoms with van der Waals surface area (Å²) in [5, 5.41) is 13.3. The zero-order valence-electron chi connectivity index (χ0n) is 14.2. The molecule has 1 fully saturated rings. The lowest BCUT2D eigenvalue weighted by Crippen LogP contribution is -2.30. The van der Waals surface area contributed by atoms with Crippen LogP contribution < -0.4 is 0 Å². The largest absolute Gasteiger partial charge is 0.284 e. The minimum atomic E-state index is -0.138. The number of carbonyl (C=O) groups is 1. The summed E-state index contributed by atoms with van der Waals surface area (Å²) < 4.78 is 0. The molecule has 0 radical (unpaired) electrons. The van der Waals surface area contributed by atoms with Crippen molar-refractivity contribution in [1.29, 1.82) is 0 Å². The van der Waals surface area contributed by atoms with Crippen molar-refractivity contribution < 1.29 is 4.79 Å². The maximum atomic E-state index is 12.6. The van der Waals surface area contributed by atoms with E-state index in [0.717, 1.165) is 15.8 Å². The number of fused-ring (bicyclic) bond motifs is 1. The standard InChI is InChI=1S/C20H17N3OS2/c1-14-19(24)23(20(26-14)22-21-12-17-9-5-11-25-17)13-16-8-4-7-15-6-2-3-10-18(15)16/h2-12,14H,13H2,1H3. The lowest BCUT2D eigenvalue weighted by Gasteiger charge is -2.17. The highest BCUT2D eigenvalue weighted by molar-refractivity contribution is 8.15. The number of thiophene rings is 1. The topological polar surface area (TPSA) is 45.0 Å². The minimum absolute atomic E-state index is 0.0769. The molecule has 1 saturated heterocycles. The molecule has 1 amide bonds. The van der Waals surface area contributed by atoms with Crippen molar-refractivity contribution in [1.82, 2.24) is 4.90 Å². The fourth-order valence-electron chi connectivity index (χ4n) is 2.91. The molecule has 130 valence electrons. The highest BCUT2D eigenvalue weighted by Crippen LogP contribution is 2.30. The molecule has 1 unspecified atom stereocenters. The molecule has 2 heterocycles. The predicted octanol–water partition coefficient (Wildman–Crippen LogP) is 4.76. The van der Waals surface area contributed by atoms with Crippen LogP contribution in [0.15, 0.2) is 70.2 Å². The second-order valence-corrected chi connectivity index (χ2v) is 8.25. The average molecular weight is 380 g/mol. The van der Waals surface area contributed by atoms with Crippen LogP contribution in [0.3, 0.4) is 0 Å². The molecular formula is C20H17N3OS2. The first-order valence-corrected chi connectivity index (χ1v) is 10.1. The van der Waals surface area contributed by atoms with Crippen LogP contribution in [0, 0.1) is 0 Å². The zero-order chi connectivity index (χ0) is 17.9. The number of nitrogens with zero attached hydrogens (tertiary/aromatic N) is 3. The molecule has 0 aliphatic carbocycles. The van der Waals surface area contributed by atoms with Crippen LogP contribution in [-0.2, 0) is 11.3 Å². The summed E-state index contributed by atoms with van der Waals surface area (Å²) in [5.74, 6) is 0.0769. The Morgan fingerprint density at radius 1 is 1.12 bits per heavy atom. The van der Waals surface area contributed by atoms with Crippen LogP contribution in [0.25, 0.3) is 10.8 Å². The quantitative estimate of drug-likeness (QED) is 0.485. The maximum Gasteiger partial charge on any atom is 0.242 e. The first-order chi connectivity index (χ1) is 12.7. The normalized spacial score (nSPS) is 19.3. The molecule has 1 aliphatic rings. The molecule has 4 nitrogen and oxygen atoms in total. The second-order valence-electron chi connectivity index (χ2n) is 5.97. The van der Waals surface area contributed by atoms with Gasteiger partial charge in [-0.2, -0.15) is 5.10 Å². The van der Waals surface area contributed by atoms with Gasteiger partial charge in [0, 0.05) is 4.88 Å². The first-order valence-electron chi connectivity index (χ1n) is 8.31. The molecule has 26 heavy (non-hydrogen) atoms. The Morgan fingerprint density at radius 3 is 2.81 bits per heavy atom. The van der Waals surface area contributed by atoms with Crippen LogP contribution in [0.4, 0.5) is 0 Å². The van der Waals surface area contributed by atoms with Gasteiger partial charge in [-0.3, -0.25) is 9.69 Å². The van der Waals surface area contributed by atoms with Gasteiger partial charge in [-0.25, -0.2) is 0 Å². The van der Waals surface area contributed by atoms with Crippen LogP contribution >= 0.6 is 23.1 Å². The summed E-state index contributed by atoms with van der Waals surface area (Å²) in [5.41, 5.74) is 1.11. The number of amides is 1.